The van der Waals surface area contributed by atoms with Crippen LogP contribution in [0.2, 0.25) is 0 Å². The van der Waals surface area contributed by atoms with E-state index in [-0.39, 0.29) is 11.5 Å². The zero-order chi connectivity index (χ0) is 17.8. The molecule has 0 bridgehead atoms. The summed E-state index contributed by atoms with van der Waals surface area (Å²) < 4.78 is 5.02. The van der Waals surface area contributed by atoms with Crippen LogP contribution in [-0.4, -0.2) is 29.3 Å². The number of hydrogen-bond donors (Lipinski definition) is 2. The molecule has 3 rings (SSSR count). The van der Waals surface area contributed by atoms with Gasteiger partial charge >= 0.3 is 5.97 Å². The normalized spacial score (nSPS) is 10.4. The number of Topliss-reactive ketones (excluding diaryl/α,β-unsaturated/α-hetero) is 1. The van der Waals surface area contributed by atoms with E-state index < -0.39 is 18.5 Å². The molecule has 1 amide bonds. The molecule has 3 aromatic rings. The predicted molar refractivity (Wildman–Crippen MR) is 93.7 cm³/mol. The Morgan fingerprint density at radius 2 is 1.76 bits per heavy atom. The Kier molecular flexibility index (Phi) is 4.61. The standard InChI is InChI=1S/C19H16N2O4/c1-12(22)14-7-3-5-9-16(14)21-18(23)11-25-19(24)17-10-13-6-2-4-8-15(13)20-17/h2-10,20H,11H2,1H3,(H,21,23). The second-order valence-electron chi connectivity index (χ2n) is 5.50. The monoisotopic (exact) mass is 336 g/mol. The molecule has 2 aromatic carbocycles. The maximum Gasteiger partial charge on any atom is 0.355 e. The van der Waals surface area contributed by atoms with Crippen LogP contribution in [0, 0.1) is 0 Å². The van der Waals surface area contributed by atoms with E-state index in [0.717, 1.165) is 10.9 Å². The summed E-state index contributed by atoms with van der Waals surface area (Å²) in [5.41, 5.74) is 1.88. The van der Waals surface area contributed by atoms with Crippen molar-refractivity contribution < 1.29 is 19.1 Å². The number of carbonyl (C=O) groups excluding carboxylic acids is 3. The van der Waals surface area contributed by atoms with Crippen molar-refractivity contribution in [3.05, 3.63) is 65.9 Å². The van der Waals surface area contributed by atoms with Crippen LogP contribution < -0.4 is 5.32 Å². The van der Waals surface area contributed by atoms with Crippen LogP contribution in [0.3, 0.4) is 0 Å². The summed E-state index contributed by atoms with van der Waals surface area (Å²) in [7, 11) is 0. The summed E-state index contributed by atoms with van der Waals surface area (Å²) >= 11 is 0. The van der Waals surface area contributed by atoms with Gasteiger partial charge in [-0.3, -0.25) is 9.59 Å². The van der Waals surface area contributed by atoms with Gasteiger partial charge in [0.2, 0.25) is 0 Å². The average molecular weight is 336 g/mol. The van der Waals surface area contributed by atoms with Gasteiger partial charge in [-0.2, -0.15) is 0 Å². The van der Waals surface area contributed by atoms with Crippen molar-refractivity contribution in [2.75, 3.05) is 11.9 Å². The molecule has 1 aromatic heterocycles. The molecule has 6 nitrogen and oxygen atoms in total. The number of fused-ring (bicyclic) bond motifs is 1. The number of carbonyl (C=O) groups is 3. The fourth-order valence-electron chi connectivity index (χ4n) is 2.48. The molecule has 0 unspecified atom stereocenters. The lowest BCUT2D eigenvalue weighted by Gasteiger charge is -2.09. The number of H-pyrrole nitrogens is 1. The van der Waals surface area contributed by atoms with E-state index in [2.05, 4.69) is 10.3 Å². The first-order valence-electron chi connectivity index (χ1n) is 7.69. The number of ketones is 1. The molecular weight excluding hydrogens is 320 g/mol. The number of aromatic amines is 1. The highest BCUT2D eigenvalue weighted by Crippen LogP contribution is 2.16. The zero-order valence-electron chi connectivity index (χ0n) is 13.5. The van der Waals surface area contributed by atoms with Gasteiger partial charge < -0.3 is 15.0 Å². The average Bonchev–Trinajstić information content (AvgIpc) is 3.04. The third kappa shape index (κ3) is 3.74. The van der Waals surface area contributed by atoms with Gasteiger partial charge in [-0.1, -0.05) is 30.3 Å². The van der Waals surface area contributed by atoms with E-state index in [1.165, 1.54) is 6.92 Å². The molecule has 0 atom stereocenters. The molecule has 0 radical (unpaired) electrons. The number of anilines is 1. The second kappa shape index (κ2) is 7.00. The molecule has 25 heavy (non-hydrogen) atoms. The highest BCUT2D eigenvalue weighted by molar-refractivity contribution is 6.04. The lowest BCUT2D eigenvalue weighted by molar-refractivity contribution is -0.119. The van der Waals surface area contributed by atoms with Gasteiger partial charge in [-0.25, -0.2) is 4.79 Å². The highest BCUT2D eigenvalue weighted by atomic mass is 16.5. The largest absolute Gasteiger partial charge is 0.451 e. The molecule has 0 aliphatic carbocycles. The van der Waals surface area contributed by atoms with E-state index in [1.807, 2.05) is 24.3 Å². The van der Waals surface area contributed by atoms with Crippen LogP contribution in [0.15, 0.2) is 54.6 Å². The zero-order valence-corrected chi connectivity index (χ0v) is 13.5. The summed E-state index contributed by atoms with van der Waals surface area (Å²) in [5.74, 6) is -1.30. The SMILES string of the molecule is CC(=O)c1ccccc1NC(=O)COC(=O)c1cc2ccccc2[nH]1. The number of benzene rings is 2. The van der Waals surface area contributed by atoms with E-state index in [4.69, 9.17) is 4.74 Å². The van der Waals surface area contributed by atoms with Crippen LogP contribution in [0.4, 0.5) is 5.69 Å². The van der Waals surface area contributed by atoms with Crippen molar-refractivity contribution in [2.24, 2.45) is 0 Å². The lowest BCUT2D eigenvalue weighted by Crippen LogP contribution is -2.22. The second-order valence-corrected chi connectivity index (χ2v) is 5.50. The van der Waals surface area contributed by atoms with Gasteiger partial charge in [0.25, 0.3) is 5.91 Å². The van der Waals surface area contributed by atoms with Crippen molar-refractivity contribution in [1.29, 1.82) is 0 Å². The van der Waals surface area contributed by atoms with Crippen LogP contribution in [0.25, 0.3) is 10.9 Å². The van der Waals surface area contributed by atoms with E-state index >= 15 is 0 Å². The Morgan fingerprint density at radius 3 is 2.52 bits per heavy atom. The molecule has 0 fully saturated rings. The summed E-state index contributed by atoms with van der Waals surface area (Å²) in [5, 5.41) is 3.46. The number of ether oxygens (including phenoxy) is 1. The van der Waals surface area contributed by atoms with Crippen molar-refractivity contribution in [3.63, 3.8) is 0 Å². The first-order valence-corrected chi connectivity index (χ1v) is 7.69. The van der Waals surface area contributed by atoms with Crippen molar-refractivity contribution in [3.8, 4) is 0 Å². The molecule has 0 saturated heterocycles. The Hall–Kier alpha value is -3.41. The first-order chi connectivity index (χ1) is 12.0. The lowest BCUT2D eigenvalue weighted by atomic mass is 10.1. The predicted octanol–water partition coefficient (Wildman–Crippen LogP) is 3.17. The van der Waals surface area contributed by atoms with Crippen LogP contribution in [-0.2, 0) is 9.53 Å². The number of rotatable bonds is 5. The number of amides is 1. The molecule has 126 valence electrons. The van der Waals surface area contributed by atoms with Gasteiger partial charge in [0.05, 0.1) is 5.69 Å². The number of esters is 1. The third-order valence-corrected chi connectivity index (χ3v) is 3.66. The summed E-state index contributed by atoms with van der Waals surface area (Å²) in [6, 6.07) is 15.8. The third-order valence-electron chi connectivity index (χ3n) is 3.66. The minimum absolute atomic E-state index is 0.161. The minimum Gasteiger partial charge on any atom is -0.451 e. The smallest absolute Gasteiger partial charge is 0.355 e. The molecule has 1 heterocycles. The molecule has 0 aliphatic rings. The van der Waals surface area contributed by atoms with Gasteiger partial charge in [0.15, 0.2) is 12.4 Å². The Balaban J connectivity index is 1.62. The van der Waals surface area contributed by atoms with E-state index in [9.17, 15) is 14.4 Å². The minimum atomic E-state index is -0.619. The van der Waals surface area contributed by atoms with Crippen LogP contribution in [0.5, 0.6) is 0 Å². The van der Waals surface area contributed by atoms with Crippen LogP contribution >= 0.6 is 0 Å². The van der Waals surface area contributed by atoms with Crippen LogP contribution in [0.1, 0.15) is 27.8 Å². The fraction of sp³-hybridized carbons (Fsp3) is 0.105. The Bertz CT molecular complexity index is 926. The Labute approximate surface area is 143 Å². The first kappa shape index (κ1) is 16.4. The van der Waals surface area contributed by atoms with Crippen molar-refractivity contribution >= 4 is 34.3 Å². The Morgan fingerprint density at radius 1 is 1.04 bits per heavy atom. The number of hydrogen-bond acceptors (Lipinski definition) is 4. The maximum absolute atomic E-state index is 12.1. The van der Waals surface area contributed by atoms with E-state index in [0.29, 0.717) is 11.3 Å². The highest BCUT2D eigenvalue weighted by Gasteiger charge is 2.14. The van der Waals surface area contributed by atoms with Gasteiger partial charge in [-0.15, -0.1) is 0 Å². The summed E-state index contributed by atoms with van der Waals surface area (Å²) in [6.45, 7) is 0.974. The molecule has 2 N–H and O–H groups in total. The molecule has 0 aliphatic heterocycles. The van der Waals surface area contributed by atoms with E-state index in [1.54, 1.807) is 30.3 Å². The summed E-state index contributed by atoms with van der Waals surface area (Å²) in [6.07, 6.45) is 0. The molecule has 6 heteroatoms. The maximum atomic E-state index is 12.1. The number of aromatic nitrogens is 1. The molecule has 0 saturated carbocycles. The number of nitrogens with one attached hydrogen (secondary N) is 2. The molecule has 0 spiro atoms. The van der Waals surface area contributed by atoms with Gasteiger partial charge in [0.1, 0.15) is 5.69 Å². The quantitative estimate of drug-likeness (QED) is 0.553. The fourth-order valence-corrected chi connectivity index (χ4v) is 2.48. The van der Waals surface area contributed by atoms with Crippen molar-refractivity contribution in [1.82, 2.24) is 4.98 Å². The van der Waals surface area contributed by atoms with Crippen molar-refractivity contribution in [2.45, 2.75) is 6.92 Å². The molecular formula is C19H16N2O4. The summed E-state index contributed by atoms with van der Waals surface area (Å²) in [4.78, 5) is 38.5. The van der Waals surface area contributed by atoms with Gasteiger partial charge in [-0.05, 0) is 31.2 Å². The topological polar surface area (TPSA) is 88.3 Å². The van der Waals surface area contributed by atoms with Gasteiger partial charge in [0, 0.05) is 16.5 Å². The number of para-hydroxylation sites is 2.